The zero-order valence-electron chi connectivity index (χ0n) is 50.4. The molecule has 8 rings (SSSR count). The molecular formula is C61H77N11O15S. The first kappa shape index (κ1) is 65.8. The van der Waals surface area contributed by atoms with Gasteiger partial charge in [-0.05, 0) is 105 Å². The number of hydrogen-bond acceptors (Lipinski definition) is 18. The van der Waals surface area contributed by atoms with E-state index in [1.807, 2.05) is 59.9 Å². The van der Waals surface area contributed by atoms with Crippen molar-refractivity contribution in [1.82, 2.24) is 50.8 Å². The maximum Gasteiger partial charge on any atom is 0.343 e. The topological polar surface area (TPSA) is 342 Å². The zero-order valence-corrected chi connectivity index (χ0v) is 51.2. The van der Waals surface area contributed by atoms with Crippen LogP contribution in [0.4, 0.5) is 5.69 Å². The van der Waals surface area contributed by atoms with E-state index in [0.29, 0.717) is 47.0 Å². The number of nitrogens with zero attached hydrogens (tertiary/aromatic N) is 5. The number of rotatable bonds is 31. The van der Waals surface area contributed by atoms with Gasteiger partial charge < -0.3 is 59.8 Å². The summed E-state index contributed by atoms with van der Waals surface area (Å²) in [5.41, 5.74) is 7.93. The summed E-state index contributed by atoms with van der Waals surface area (Å²) in [6.07, 6.45) is 1.85. The maximum atomic E-state index is 13.8. The average Bonchev–Trinajstić information content (AvgIpc) is 1.66. The predicted octanol–water partition coefficient (Wildman–Crippen LogP) is 3.11. The first-order valence-electron chi connectivity index (χ1n) is 29.3. The highest BCUT2D eigenvalue weighted by Gasteiger charge is 2.45. The van der Waals surface area contributed by atoms with Crippen LogP contribution in [0.5, 0.6) is 5.75 Å². The molecule has 2 aromatic carbocycles. The Morgan fingerprint density at radius 3 is 2.32 bits per heavy atom. The van der Waals surface area contributed by atoms with Crippen LogP contribution in [0.25, 0.3) is 33.3 Å². The van der Waals surface area contributed by atoms with E-state index in [9.17, 15) is 51.6 Å². The second-order valence-corrected chi connectivity index (χ2v) is 23.6. The van der Waals surface area contributed by atoms with Crippen molar-refractivity contribution in [2.75, 3.05) is 58.1 Å². The standard InChI is InChI=1S/C61H77N11O15S/c1-8-43-44-30-42(16-17-48(44)68-54-45(43)33-72-50(54)31-47-46(59(72)78)35-87-60(79)61(47,80)9-2)86-34-38-12-14-40(15-13-38)66-56(75)37(5)65-58(77)53(36(3)4)69-52(74)19-24-84-26-27-85-25-22-64-57(76)49(20-28-88(81,82)83)67-51(73)18-23-71-41(32-70(7)62-6)29-39-11-10-21-63-55(39)71/h10-17,21,29-31,36-37,49,53,62,80H,8-9,18-20,22-28,32-35H2,1-7H3,(H,64,76)(H,65,77)(H,66,75)(H,67,73)(H,69,74)(H,81,82,83)/t37-,49-,53-,61-/m0/s1. The van der Waals surface area contributed by atoms with Gasteiger partial charge >= 0.3 is 5.97 Å². The monoisotopic (exact) mass is 1240 g/mol. The van der Waals surface area contributed by atoms with Crippen LogP contribution < -0.4 is 42.3 Å². The molecule has 2 aliphatic heterocycles. The molecule has 27 heteroatoms. The summed E-state index contributed by atoms with van der Waals surface area (Å²) in [5.74, 6) is -3.93. The van der Waals surface area contributed by atoms with Crippen molar-refractivity contribution in [3.63, 3.8) is 0 Å². The third-order valence-corrected chi connectivity index (χ3v) is 16.3. The minimum atomic E-state index is -4.44. The largest absolute Gasteiger partial charge is 0.489 e. The van der Waals surface area contributed by atoms with Gasteiger partial charge in [0.25, 0.3) is 15.7 Å². The fourth-order valence-electron chi connectivity index (χ4n) is 10.6. The van der Waals surface area contributed by atoms with Crippen molar-refractivity contribution in [2.45, 2.75) is 123 Å². The SMILES string of the molecule is CCc1c2c(nc3ccc(OCc4ccc(NC(=O)[C@H](C)NC(=O)[C@@H](NC(=O)CCOCCOCCNC(=O)[C@H](CCS(=O)(=O)O)NC(=O)CCn5c(CN(C)NC)cc6cccnc65)C(C)C)cc4)cc13)-c1cc3c(c(=O)n1C2)COC(=O)[C@]3(O)CC. The molecule has 6 heterocycles. The van der Waals surface area contributed by atoms with Crippen molar-refractivity contribution in [3.8, 4) is 17.1 Å². The third kappa shape index (κ3) is 15.9. The van der Waals surface area contributed by atoms with E-state index in [1.165, 1.54) is 6.92 Å². The predicted molar refractivity (Wildman–Crippen MR) is 325 cm³/mol. The fraction of sp³-hybridized carbons (Fsp3) is 0.459. The lowest BCUT2D eigenvalue weighted by molar-refractivity contribution is -0.172. The molecule has 26 nitrogen and oxygen atoms in total. The molecule has 0 bridgehead atoms. The molecule has 472 valence electrons. The first-order valence-corrected chi connectivity index (χ1v) is 30.9. The van der Waals surface area contributed by atoms with Gasteiger partial charge in [-0.2, -0.15) is 8.42 Å². The quantitative estimate of drug-likeness (QED) is 0.0134. The molecular weight excluding hydrogens is 1160 g/mol. The molecule has 4 atom stereocenters. The second-order valence-electron chi connectivity index (χ2n) is 22.0. The number of nitrogens with one attached hydrogen (secondary N) is 6. The summed E-state index contributed by atoms with van der Waals surface area (Å²) < 4.78 is 58.6. The van der Waals surface area contributed by atoms with Crippen LogP contribution in [-0.4, -0.2) is 149 Å². The molecule has 0 radical (unpaired) electrons. The molecule has 8 N–H and O–H groups in total. The molecule has 4 aromatic heterocycles. The lowest BCUT2D eigenvalue weighted by Gasteiger charge is -2.31. The van der Waals surface area contributed by atoms with Crippen LogP contribution in [0.1, 0.15) is 93.8 Å². The van der Waals surface area contributed by atoms with Crippen molar-refractivity contribution in [1.29, 1.82) is 0 Å². The van der Waals surface area contributed by atoms with Gasteiger partial charge in [0.2, 0.25) is 29.5 Å². The molecule has 0 spiro atoms. The van der Waals surface area contributed by atoms with Crippen LogP contribution in [0.15, 0.2) is 77.7 Å². The Kier molecular flexibility index (Phi) is 21.8. The van der Waals surface area contributed by atoms with E-state index >= 15 is 0 Å². The number of aryl methyl sites for hydroxylation is 2. The smallest absolute Gasteiger partial charge is 0.343 e. The molecule has 0 saturated carbocycles. The number of fused-ring (bicyclic) bond motifs is 6. The summed E-state index contributed by atoms with van der Waals surface area (Å²) in [7, 11) is -0.787. The van der Waals surface area contributed by atoms with Gasteiger partial charge in [-0.25, -0.2) is 19.8 Å². The van der Waals surface area contributed by atoms with Crippen LogP contribution in [0.2, 0.25) is 0 Å². The number of cyclic esters (lactones) is 1. The number of anilines is 1. The fourth-order valence-corrected chi connectivity index (χ4v) is 11.1. The van der Waals surface area contributed by atoms with Crippen LogP contribution in [-0.2, 0) is 98.0 Å². The molecule has 0 unspecified atom stereocenters. The Bertz CT molecular complexity index is 3740. The number of carbonyl (C=O) groups is 6. The van der Waals surface area contributed by atoms with Gasteiger partial charge in [-0.3, -0.25) is 38.7 Å². The Morgan fingerprint density at radius 1 is 0.875 bits per heavy atom. The third-order valence-electron chi connectivity index (χ3n) is 15.6. The summed E-state index contributed by atoms with van der Waals surface area (Å²) >= 11 is 0. The lowest BCUT2D eigenvalue weighted by atomic mass is 9.86. The minimum absolute atomic E-state index is 0.00458. The molecule has 88 heavy (non-hydrogen) atoms. The van der Waals surface area contributed by atoms with Gasteiger partial charge in [0, 0.05) is 72.5 Å². The van der Waals surface area contributed by atoms with Crippen molar-refractivity contribution in [3.05, 3.63) is 117 Å². The molecule has 0 saturated heterocycles. The maximum absolute atomic E-state index is 13.8. The lowest BCUT2D eigenvalue weighted by Crippen LogP contribution is -2.53. The first-order chi connectivity index (χ1) is 42.0. The average molecular weight is 1240 g/mol. The normalized spacial score (nSPS) is 15.5. The van der Waals surface area contributed by atoms with E-state index in [-0.39, 0.29) is 108 Å². The van der Waals surface area contributed by atoms with Gasteiger partial charge in [0.1, 0.15) is 42.7 Å². The summed E-state index contributed by atoms with van der Waals surface area (Å²) in [6, 6.07) is 16.9. The second kappa shape index (κ2) is 29.2. The van der Waals surface area contributed by atoms with Crippen LogP contribution >= 0.6 is 0 Å². The number of benzene rings is 2. The van der Waals surface area contributed by atoms with Gasteiger partial charge in [0.05, 0.1) is 67.7 Å². The van der Waals surface area contributed by atoms with Gasteiger partial charge in [-0.1, -0.05) is 39.8 Å². The molecule has 6 aromatic rings. The number of aliphatic hydroxyl groups is 1. The molecule has 5 amide bonds. The molecule has 0 aliphatic carbocycles. The van der Waals surface area contributed by atoms with E-state index < -0.39 is 75.1 Å². The van der Waals surface area contributed by atoms with Gasteiger partial charge in [-0.15, -0.1) is 0 Å². The minimum Gasteiger partial charge on any atom is -0.489 e. The van der Waals surface area contributed by atoms with Crippen LogP contribution in [0.3, 0.4) is 0 Å². The Hall–Kier alpha value is -8.18. The van der Waals surface area contributed by atoms with Crippen molar-refractivity contribution < 1.29 is 65.8 Å². The number of amides is 5. The number of aromatic nitrogens is 4. The number of ether oxygens (including phenoxy) is 4. The summed E-state index contributed by atoms with van der Waals surface area (Å²) in [6.45, 7) is 10.0. The number of hydrazine groups is 1. The highest BCUT2D eigenvalue weighted by molar-refractivity contribution is 7.85. The Labute approximate surface area is 509 Å². The van der Waals surface area contributed by atoms with Crippen LogP contribution in [0, 0.1) is 5.92 Å². The van der Waals surface area contributed by atoms with E-state index in [2.05, 4.69) is 37.0 Å². The summed E-state index contributed by atoms with van der Waals surface area (Å²) in [5, 5.41) is 28.3. The highest BCUT2D eigenvalue weighted by Crippen LogP contribution is 2.41. The van der Waals surface area contributed by atoms with Crippen molar-refractivity contribution in [2.24, 2.45) is 5.92 Å². The Balaban J connectivity index is 0.726. The van der Waals surface area contributed by atoms with E-state index in [1.54, 1.807) is 68.9 Å². The number of carbonyl (C=O) groups excluding carboxylic acids is 6. The summed E-state index contributed by atoms with van der Waals surface area (Å²) in [4.78, 5) is 102. The Morgan fingerprint density at radius 2 is 1.61 bits per heavy atom. The zero-order chi connectivity index (χ0) is 63.5. The number of esters is 1. The molecule has 0 fully saturated rings. The molecule has 2 aliphatic rings. The number of pyridine rings is 3. The van der Waals surface area contributed by atoms with E-state index in [0.717, 1.165) is 33.2 Å². The van der Waals surface area contributed by atoms with E-state index in [4.69, 9.17) is 23.9 Å². The van der Waals surface area contributed by atoms with Crippen molar-refractivity contribution >= 4 is 73.2 Å². The highest BCUT2D eigenvalue weighted by atomic mass is 32.2. The van der Waals surface area contributed by atoms with Gasteiger partial charge in [0.15, 0.2) is 5.60 Å². The number of hydrogen-bond donors (Lipinski definition) is 8.